The Morgan fingerprint density at radius 3 is 1.10 bits per heavy atom. The zero-order chi connectivity index (χ0) is 48.2. The summed E-state index contributed by atoms with van der Waals surface area (Å²) in [4.78, 5) is 23.2. The van der Waals surface area contributed by atoms with Crippen LogP contribution in [0.1, 0.15) is 62.6 Å². The Morgan fingerprint density at radius 1 is 0.443 bits per heavy atom. The van der Waals surface area contributed by atoms with Gasteiger partial charge in [-0.3, -0.25) is 0 Å². The van der Waals surface area contributed by atoms with Gasteiger partial charge in [0.1, 0.15) is 34.9 Å². The quantitative estimate of drug-likeness (QED) is 0.0609. The van der Waals surface area contributed by atoms with Gasteiger partial charge in [-0.1, -0.05) is 74.9 Å². The second kappa shape index (κ2) is 22.8. The molecule has 3 aromatic heterocycles. The van der Waals surface area contributed by atoms with Crippen molar-refractivity contribution >= 4 is 0 Å². The Labute approximate surface area is 407 Å². The summed E-state index contributed by atoms with van der Waals surface area (Å²) in [5.41, 5.74) is 12.6. The average Bonchev–Trinajstić information content (AvgIpc) is 3.69. The third-order valence-corrected chi connectivity index (χ3v) is 12.4. The van der Waals surface area contributed by atoms with Crippen molar-refractivity contribution in [2.24, 2.45) is 0 Å². The molecule has 9 nitrogen and oxygen atoms in total. The lowest BCUT2D eigenvalue weighted by atomic mass is 9.93. The Bertz CT molecular complexity index is 2930. The van der Waals surface area contributed by atoms with Crippen LogP contribution >= 0.6 is 0 Å². The number of imidazole rings is 3. The first-order valence-electron chi connectivity index (χ1n) is 24.1. The highest BCUT2D eigenvalue weighted by Crippen LogP contribution is 2.27. The van der Waals surface area contributed by atoms with Crippen molar-refractivity contribution in [3.63, 3.8) is 0 Å². The summed E-state index contributed by atoms with van der Waals surface area (Å²) in [6.45, 7) is 6.90. The van der Waals surface area contributed by atoms with E-state index in [2.05, 4.69) is 126 Å². The molecule has 11 rings (SSSR count). The van der Waals surface area contributed by atoms with E-state index in [0.29, 0.717) is 18.1 Å². The summed E-state index contributed by atoms with van der Waals surface area (Å²) in [5.74, 6) is 1.52. The first-order valence-corrected chi connectivity index (χ1v) is 24.1. The van der Waals surface area contributed by atoms with Crippen LogP contribution in [0, 0.1) is 17.5 Å². The van der Waals surface area contributed by atoms with Crippen LogP contribution in [0.5, 0.6) is 0 Å². The Kier molecular flexibility index (Phi) is 15.5. The summed E-state index contributed by atoms with van der Waals surface area (Å²) in [7, 11) is 0. The van der Waals surface area contributed by atoms with Crippen molar-refractivity contribution < 1.29 is 13.2 Å². The Balaban J connectivity index is 0.000000130. The van der Waals surface area contributed by atoms with E-state index >= 15 is 0 Å². The van der Waals surface area contributed by atoms with Crippen LogP contribution in [0.25, 0.3) is 67.9 Å². The van der Waals surface area contributed by atoms with Crippen molar-refractivity contribution in [1.29, 1.82) is 0 Å². The second-order valence-electron chi connectivity index (χ2n) is 18.3. The van der Waals surface area contributed by atoms with Crippen molar-refractivity contribution in [3.8, 4) is 67.9 Å². The molecule has 2 aliphatic rings. The highest BCUT2D eigenvalue weighted by atomic mass is 19.1. The lowest BCUT2D eigenvalue weighted by Crippen LogP contribution is -2.34. The number of aromatic amines is 3. The van der Waals surface area contributed by atoms with Gasteiger partial charge < -0.3 is 30.9 Å². The Hall–Kier alpha value is -7.38. The van der Waals surface area contributed by atoms with Gasteiger partial charge in [0.05, 0.1) is 35.7 Å². The SMILES string of the molecule is CC(C)NCc1cccc(-c2cnc(-c3ccc(F)cc3)[nH]2)c1.Fc1ccc(-c2ncc(-c3cccc(CNC4CC4)c3)[nH]2)cc1.Fc1ccc(-c2ncc(-c3cccc(CNC4CCC4)c3)[nH]2)cc1. The number of nitrogens with zero attached hydrogens (tertiary/aromatic N) is 3. The van der Waals surface area contributed by atoms with Gasteiger partial charge in [-0.05, 0) is 150 Å². The van der Waals surface area contributed by atoms with Crippen LogP contribution in [0.15, 0.2) is 164 Å². The van der Waals surface area contributed by atoms with Gasteiger partial charge in [0, 0.05) is 54.5 Å². The molecule has 2 fully saturated rings. The highest BCUT2D eigenvalue weighted by molar-refractivity contribution is 5.67. The molecule has 70 heavy (non-hydrogen) atoms. The molecule has 6 N–H and O–H groups in total. The molecule has 12 heteroatoms. The molecule has 0 radical (unpaired) electrons. The molecule has 0 atom stereocenters. The zero-order valence-electron chi connectivity index (χ0n) is 39.5. The lowest BCUT2D eigenvalue weighted by Gasteiger charge is -2.26. The third kappa shape index (κ3) is 13.2. The summed E-state index contributed by atoms with van der Waals surface area (Å²) >= 11 is 0. The molecule has 2 aliphatic carbocycles. The van der Waals surface area contributed by atoms with Gasteiger partial charge in [-0.15, -0.1) is 0 Å². The number of aromatic nitrogens is 6. The van der Waals surface area contributed by atoms with Crippen LogP contribution in [-0.2, 0) is 19.6 Å². The fourth-order valence-corrected chi connectivity index (χ4v) is 7.96. The van der Waals surface area contributed by atoms with Crippen LogP contribution < -0.4 is 16.0 Å². The highest BCUT2D eigenvalue weighted by Gasteiger charge is 2.20. The number of benzene rings is 6. The minimum Gasteiger partial charge on any atom is -0.338 e. The van der Waals surface area contributed by atoms with E-state index in [-0.39, 0.29) is 17.5 Å². The fraction of sp³-hybridized carbons (Fsp3) is 0.224. The van der Waals surface area contributed by atoms with Gasteiger partial charge in [0.25, 0.3) is 0 Å². The van der Waals surface area contributed by atoms with Crippen molar-refractivity contribution in [2.75, 3.05) is 0 Å². The number of nitrogens with one attached hydrogen (secondary N) is 6. The summed E-state index contributed by atoms with van der Waals surface area (Å²) in [6.07, 6.45) is 12.0. The van der Waals surface area contributed by atoms with E-state index in [4.69, 9.17) is 0 Å². The van der Waals surface area contributed by atoms with Gasteiger partial charge in [-0.25, -0.2) is 28.1 Å². The molecule has 0 unspecified atom stereocenters. The van der Waals surface area contributed by atoms with Gasteiger partial charge in [-0.2, -0.15) is 0 Å². The maximum absolute atomic E-state index is 13.0. The molecule has 0 bridgehead atoms. The van der Waals surface area contributed by atoms with E-state index in [1.165, 1.54) is 85.2 Å². The zero-order valence-corrected chi connectivity index (χ0v) is 39.5. The normalized spacial score (nSPS) is 13.3. The fourth-order valence-electron chi connectivity index (χ4n) is 7.96. The average molecular weight is 938 g/mol. The first-order chi connectivity index (χ1) is 34.2. The van der Waals surface area contributed by atoms with Crippen LogP contribution in [0.3, 0.4) is 0 Å². The number of H-pyrrole nitrogens is 3. The van der Waals surface area contributed by atoms with Crippen LogP contribution in [0.2, 0.25) is 0 Å². The van der Waals surface area contributed by atoms with Gasteiger partial charge in [0.2, 0.25) is 0 Å². The minimum absolute atomic E-state index is 0.239. The van der Waals surface area contributed by atoms with Crippen LogP contribution in [0.4, 0.5) is 13.2 Å². The summed E-state index contributed by atoms with van der Waals surface area (Å²) in [6, 6.07) is 46.2. The molecule has 0 saturated heterocycles. The smallest absolute Gasteiger partial charge is 0.137 e. The van der Waals surface area contributed by atoms with E-state index in [1.807, 2.05) is 24.7 Å². The van der Waals surface area contributed by atoms with E-state index in [9.17, 15) is 13.2 Å². The number of hydrogen-bond donors (Lipinski definition) is 6. The molecular weight excluding hydrogens is 880 g/mol. The first kappa shape index (κ1) is 47.7. The largest absolute Gasteiger partial charge is 0.338 e. The minimum atomic E-state index is -0.245. The molecule has 0 spiro atoms. The topological polar surface area (TPSA) is 122 Å². The molecule has 0 amide bonds. The molecule has 9 aromatic rings. The van der Waals surface area contributed by atoms with Crippen LogP contribution in [-0.4, -0.2) is 48.0 Å². The number of rotatable bonds is 15. The maximum atomic E-state index is 13.0. The lowest BCUT2D eigenvalue weighted by molar-refractivity contribution is 0.338. The standard InChI is InChI=1S/C20H20FN3.C19H18FN3.C19H20FN3/c21-17-9-7-15(8-10-17)20-23-13-19(24-20)16-4-1-3-14(11-16)12-22-18-5-2-6-18;20-16-6-4-14(5-7-16)19-22-12-18(23-19)15-3-1-2-13(10-15)11-21-17-8-9-17;1-13(2)21-11-14-4-3-5-16(10-14)18-12-22-19(23-18)15-6-8-17(20)9-7-15/h1,3-4,7-11,13,18,22H,2,5-6,12H2,(H,23,24);1-7,10,12,17,21H,8-9,11H2,(H,22,23);3-10,12-13,21H,11H2,1-2H3,(H,22,23). The number of halogens is 3. The van der Waals surface area contributed by atoms with Gasteiger partial charge >= 0.3 is 0 Å². The predicted octanol–water partition coefficient (Wildman–Crippen LogP) is 13.0. The second-order valence-corrected chi connectivity index (χ2v) is 18.3. The van der Waals surface area contributed by atoms with E-state index < -0.39 is 0 Å². The predicted molar refractivity (Wildman–Crippen MR) is 275 cm³/mol. The summed E-state index contributed by atoms with van der Waals surface area (Å²) in [5, 5.41) is 10.5. The van der Waals surface area contributed by atoms with Gasteiger partial charge in [0.15, 0.2) is 0 Å². The molecule has 6 aromatic carbocycles. The van der Waals surface area contributed by atoms with Crippen molar-refractivity contribution in [3.05, 3.63) is 198 Å². The van der Waals surface area contributed by atoms with Crippen molar-refractivity contribution in [2.45, 2.75) is 83.7 Å². The van der Waals surface area contributed by atoms with E-state index in [0.717, 1.165) is 87.6 Å². The monoisotopic (exact) mass is 937 g/mol. The molecule has 2 saturated carbocycles. The molecule has 0 aliphatic heterocycles. The molecule has 356 valence electrons. The third-order valence-electron chi connectivity index (χ3n) is 12.4. The number of hydrogen-bond acceptors (Lipinski definition) is 6. The Morgan fingerprint density at radius 2 is 0.786 bits per heavy atom. The van der Waals surface area contributed by atoms with E-state index in [1.54, 1.807) is 36.4 Å². The molecular formula is C58H58F3N9. The summed E-state index contributed by atoms with van der Waals surface area (Å²) < 4.78 is 39.1. The van der Waals surface area contributed by atoms with Crippen molar-refractivity contribution in [1.82, 2.24) is 45.9 Å². The molecule has 3 heterocycles. The maximum Gasteiger partial charge on any atom is 0.137 e.